The number of nitrogens with zero attached hydrogens (tertiary/aromatic N) is 7. The SMILES string of the molecule is N#Cc1ccc(-n2c3ccccc3c3ccc4c(c5ccccc5n4-c4ccccc4)c32)c(-c2nc(-c3ccccc3)nc(-n3c4ccc(-c5ccccc5)cc4c4cc(-c5ccccc5)ccc43)n2)c1. The molecule has 10 aromatic carbocycles. The molecule has 71 heavy (non-hydrogen) atoms. The summed E-state index contributed by atoms with van der Waals surface area (Å²) in [5.41, 5.74) is 14.7. The molecular weight excluding hydrogens is 867 g/mol. The first kappa shape index (κ1) is 40.2. The Balaban J connectivity index is 1.07. The van der Waals surface area contributed by atoms with Crippen molar-refractivity contribution in [3.63, 3.8) is 0 Å². The third-order valence-corrected chi connectivity index (χ3v) is 13.9. The highest BCUT2D eigenvalue weighted by atomic mass is 15.2. The van der Waals surface area contributed by atoms with Gasteiger partial charge >= 0.3 is 0 Å². The van der Waals surface area contributed by atoms with Gasteiger partial charge in [0.1, 0.15) is 0 Å². The molecule has 0 fully saturated rings. The van der Waals surface area contributed by atoms with Crippen molar-refractivity contribution in [1.82, 2.24) is 28.7 Å². The van der Waals surface area contributed by atoms with Gasteiger partial charge in [0.15, 0.2) is 11.6 Å². The van der Waals surface area contributed by atoms with E-state index in [1.807, 2.05) is 54.6 Å². The van der Waals surface area contributed by atoms with Gasteiger partial charge in [-0.2, -0.15) is 15.2 Å². The largest absolute Gasteiger partial charge is 0.309 e. The number of para-hydroxylation sites is 3. The average Bonchev–Trinajstić information content (AvgIpc) is 4.09. The Labute approximate surface area is 408 Å². The lowest BCUT2D eigenvalue weighted by Gasteiger charge is -2.16. The fraction of sp³-hybridized carbons (Fsp3) is 0. The number of aromatic nitrogens is 6. The highest BCUT2D eigenvalue weighted by molar-refractivity contribution is 6.26. The van der Waals surface area contributed by atoms with Crippen LogP contribution in [0.4, 0.5) is 0 Å². The topological polar surface area (TPSA) is 77.2 Å². The van der Waals surface area contributed by atoms with Gasteiger partial charge in [-0.3, -0.25) is 4.57 Å². The monoisotopic (exact) mass is 905 g/mol. The van der Waals surface area contributed by atoms with Crippen LogP contribution < -0.4 is 0 Å². The van der Waals surface area contributed by atoms with Crippen LogP contribution in [-0.4, -0.2) is 28.7 Å². The van der Waals surface area contributed by atoms with E-state index in [0.29, 0.717) is 28.7 Å². The second-order valence-corrected chi connectivity index (χ2v) is 17.9. The summed E-state index contributed by atoms with van der Waals surface area (Å²) >= 11 is 0. The number of benzene rings is 10. The molecule has 0 aliphatic rings. The van der Waals surface area contributed by atoms with Gasteiger partial charge in [0, 0.05) is 49.1 Å². The number of hydrogen-bond donors (Lipinski definition) is 0. The van der Waals surface area contributed by atoms with E-state index >= 15 is 0 Å². The lowest BCUT2D eigenvalue weighted by atomic mass is 10.0. The predicted octanol–water partition coefficient (Wildman–Crippen LogP) is 15.7. The number of rotatable bonds is 7. The standard InChI is InChI=1S/C64H39N7/c65-40-41-29-33-58(70-54-27-15-13-25-48(54)49-32-36-59-60(61(49)70)50-26-14-16-28-55(50)69(59)47-23-11-4-12-24-47)53(37-41)63-66-62(44-21-9-3-10-22-44)67-64(68-63)71-56-34-30-45(42-17-5-1-6-18-42)38-51(56)52-39-46(31-35-57(52)71)43-19-7-2-8-20-43/h1-39H. The van der Waals surface area contributed by atoms with Crippen molar-refractivity contribution in [2.45, 2.75) is 0 Å². The molecule has 14 aromatic rings. The zero-order chi connectivity index (χ0) is 47.0. The molecule has 0 aliphatic heterocycles. The summed E-state index contributed by atoms with van der Waals surface area (Å²) in [4.78, 5) is 16.2. The molecular formula is C64H39N7. The molecule has 0 bridgehead atoms. The third-order valence-electron chi connectivity index (χ3n) is 13.9. The van der Waals surface area contributed by atoms with E-state index in [1.54, 1.807) is 0 Å². The third kappa shape index (κ3) is 6.40. The quantitative estimate of drug-likeness (QED) is 0.160. The van der Waals surface area contributed by atoms with Crippen LogP contribution in [0.1, 0.15) is 5.56 Å². The minimum absolute atomic E-state index is 0.447. The Morgan fingerprint density at radius 3 is 1.49 bits per heavy atom. The molecule has 0 aliphatic carbocycles. The van der Waals surface area contributed by atoms with Crippen molar-refractivity contribution in [1.29, 1.82) is 5.26 Å². The number of hydrogen-bond acceptors (Lipinski definition) is 4. The van der Waals surface area contributed by atoms with Crippen LogP contribution >= 0.6 is 0 Å². The van der Waals surface area contributed by atoms with Gasteiger partial charge in [-0.15, -0.1) is 0 Å². The molecule has 0 unspecified atom stereocenters. The first-order chi connectivity index (χ1) is 35.2. The summed E-state index contributed by atoms with van der Waals surface area (Å²) in [5, 5.41) is 17.3. The summed E-state index contributed by atoms with van der Waals surface area (Å²) in [6.07, 6.45) is 0. The lowest BCUT2D eigenvalue weighted by Crippen LogP contribution is -2.08. The first-order valence-electron chi connectivity index (χ1n) is 23.7. The summed E-state index contributed by atoms with van der Waals surface area (Å²) in [6, 6.07) is 85.0. The minimum Gasteiger partial charge on any atom is -0.309 e. The van der Waals surface area contributed by atoms with Gasteiger partial charge in [0.25, 0.3) is 0 Å². The number of nitriles is 1. The maximum atomic E-state index is 10.6. The molecule has 0 amide bonds. The van der Waals surface area contributed by atoms with E-state index < -0.39 is 0 Å². The summed E-state index contributed by atoms with van der Waals surface area (Å²) in [6.45, 7) is 0. The second-order valence-electron chi connectivity index (χ2n) is 17.9. The van der Waals surface area contributed by atoms with Crippen molar-refractivity contribution in [2.75, 3.05) is 0 Å². The average molecular weight is 906 g/mol. The fourth-order valence-electron chi connectivity index (χ4n) is 10.8. The lowest BCUT2D eigenvalue weighted by molar-refractivity contribution is 0.951. The summed E-state index contributed by atoms with van der Waals surface area (Å²) in [7, 11) is 0. The molecule has 0 saturated carbocycles. The van der Waals surface area contributed by atoms with E-state index in [4.69, 9.17) is 15.0 Å². The van der Waals surface area contributed by atoms with Gasteiger partial charge < -0.3 is 9.13 Å². The Bertz CT molecular complexity index is 4350. The molecule has 7 heteroatoms. The Hall–Kier alpha value is -9.90. The maximum Gasteiger partial charge on any atom is 0.238 e. The van der Waals surface area contributed by atoms with E-state index in [2.05, 4.69) is 202 Å². The molecule has 14 rings (SSSR count). The van der Waals surface area contributed by atoms with Gasteiger partial charge in [-0.25, -0.2) is 4.98 Å². The number of fused-ring (bicyclic) bond motifs is 10. The van der Waals surface area contributed by atoms with Gasteiger partial charge in [-0.05, 0) is 95.1 Å². The first-order valence-corrected chi connectivity index (χ1v) is 23.7. The molecule has 0 saturated heterocycles. The van der Waals surface area contributed by atoms with E-state index in [1.165, 1.54) is 0 Å². The molecule has 0 radical (unpaired) electrons. The van der Waals surface area contributed by atoms with Crippen LogP contribution in [0, 0.1) is 11.3 Å². The molecule has 4 aromatic heterocycles. The van der Waals surface area contributed by atoms with Crippen molar-refractivity contribution >= 4 is 65.4 Å². The van der Waals surface area contributed by atoms with Crippen molar-refractivity contribution in [3.05, 3.63) is 242 Å². The normalized spacial score (nSPS) is 11.6. The van der Waals surface area contributed by atoms with Gasteiger partial charge in [-0.1, -0.05) is 164 Å². The summed E-state index contributed by atoms with van der Waals surface area (Å²) in [5.74, 6) is 1.44. The second kappa shape index (κ2) is 16.1. The molecule has 0 atom stereocenters. The fourth-order valence-corrected chi connectivity index (χ4v) is 10.8. The molecule has 7 nitrogen and oxygen atoms in total. The smallest absolute Gasteiger partial charge is 0.238 e. The van der Waals surface area contributed by atoms with Crippen molar-refractivity contribution in [3.8, 4) is 68.4 Å². The van der Waals surface area contributed by atoms with Crippen LogP contribution in [0.25, 0.3) is 128 Å². The highest BCUT2D eigenvalue weighted by Gasteiger charge is 2.25. The van der Waals surface area contributed by atoms with E-state index in [0.717, 1.165) is 105 Å². The highest BCUT2D eigenvalue weighted by Crippen LogP contribution is 2.44. The van der Waals surface area contributed by atoms with Crippen molar-refractivity contribution < 1.29 is 0 Å². The van der Waals surface area contributed by atoms with Crippen LogP contribution in [0.2, 0.25) is 0 Å². The molecule has 0 spiro atoms. The van der Waals surface area contributed by atoms with Crippen LogP contribution in [0.3, 0.4) is 0 Å². The Morgan fingerprint density at radius 2 is 0.859 bits per heavy atom. The molecule has 4 heterocycles. The van der Waals surface area contributed by atoms with Crippen LogP contribution in [-0.2, 0) is 0 Å². The molecule has 0 N–H and O–H groups in total. The zero-order valence-electron chi connectivity index (χ0n) is 38.1. The zero-order valence-corrected chi connectivity index (χ0v) is 38.1. The Morgan fingerprint density at radius 1 is 0.338 bits per heavy atom. The van der Waals surface area contributed by atoms with Crippen LogP contribution in [0.15, 0.2) is 237 Å². The Kier molecular flexibility index (Phi) is 9.13. The minimum atomic E-state index is 0.447. The van der Waals surface area contributed by atoms with E-state index in [-0.39, 0.29) is 0 Å². The molecule has 330 valence electrons. The van der Waals surface area contributed by atoms with Gasteiger partial charge in [0.2, 0.25) is 5.95 Å². The van der Waals surface area contributed by atoms with Crippen LogP contribution in [0.5, 0.6) is 0 Å². The summed E-state index contributed by atoms with van der Waals surface area (Å²) < 4.78 is 6.88. The predicted molar refractivity (Wildman–Crippen MR) is 289 cm³/mol. The van der Waals surface area contributed by atoms with Gasteiger partial charge in [0.05, 0.1) is 50.4 Å². The van der Waals surface area contributed by atoms with E-state index in [9.17, 15) is 5.26 Å². The maximum absolute atomic E-state index is 10.6. The van der Waals surface area contributed by atoms with Crippen molar-refractivity contribution in [2.24, 2.45) is 0 Å².